The van der Waals surface area contributed by atoms with Crippen LogP contribution < -0.4 is 0 Å². The Morgan fingerprint density at radius 1 is 0.694 bits per heavy atom. The number of carbonyl (C=O) groups excluding carboxylic acids is 2. The Bertz CT molecular complexity index is 1470. The largest absolute Gasteiger partial charge is 0.453 e. The number of aryl methyl sites for hydroxylation is 3. The lowest BCUT2D eigenvalue weighted by atomic mass is 9.65. The summed E-state index contributed by atoms with van der Waals surface area (Å²) in [6.45, 7) is 2.06. The van der Waals surface area contributed by atoms with Gasteiger partial charge in [-0.1, -0.05) is 48.5 Å². The molecule has 6 rings (SSSR count). The van der Waals surface area contributed by atoms with Crippen molar-refractivity contribution in [2.75, 3.05) is 0 Å². The van der Waals surface area contributed by atoms with Crippen molar-refractivity contribution in [3.63, 3.8) is 0 Å². The number of imidazole rings is 2. The SMILES string of the molecule is Cc1ccccc1C1C(OC(=O)c2cncn2C)C(OC(=O)c2cncn2C)C2c3ccccc3C12. The van der Waals surface area contributed by atoms with Gasteiger partial charge in [0, 0.05) is 31.8 Å². The van der Waals surface area contributed by atoms with Crippen LogP contribution in [0.15, 0.2) is 73.6 Å². The third-order valence-electron chi connectivity index (χ3n) is 7.61. The van der Waals surface area contributed by atoms with Gasteiger partial charge in [-0.2, -0.15) is 0 Å². The zero-order chi connectivity index (χ0) is 25.0. The molecule has 0 amide bonds. The molecule has 8 nitrogen and oxygen atoms in total. The molecule has 2 aromatic heterocycles. The van der Waals surface area contributed by atoms with Crippen LogP contribution in [0.25, 0.3) is 0 Å². The number of nitrogens with zero attached hydrogens (tertiary/aromatic N) is 4. The molecule has 1 fully saturated rings. The highest BCUT2D eigenvalue weighted by molar-refractivity contribution is 5.88. The number of esters is 2. The predicted octanol–water partition coefficient (Wildman–Crippen LogP) is 3.89. The smallest absolute Gasteiger partial charge is 0.357 e. The van der Waals surface area contributed by atoms with Gasteiger partial charge in [-0.15, -0.1) is 0 Å². The molecular formula is C28H26N4O4. The molecule has 1 saturated carbocycles. The van der Waals surface area contributed by atoms with Gasteiger partial charge in [-0.05, 0) is 29.2 Å². The first-order valence-electron chi connectivity index (χ1n) is 11.9. The lowest BCUT2D eigenvalue weighted by Crippen LogP contribution is -2.37. The number of hydrogen-bond donors (Lipinski definition) is 0. The lowest BCUT2D eigenvalue weighted by molar-refractivity contribution is -0.0329. The van der Waals surface area contributed by atoms with Crippen LogP contribution in [-0.2, 0) is 23.6 Å². The Hall–Kier alpha value is -4.20. The summed E-state index contributed by atoms with van der Waals surface area (Å²) < 4.78 is 15.7. The molecule has 0 saturated heterocycles. The molecule has 4 aromatic rings. The minimum Gasteiger partial charge on any atom is -0.453 e. The van der Waals surface area contributed by atoms with Gasteiger partial charge in [0.25, 0.3) is 0 Å². The number of carbonyl (C=O) groups is 2. The summed E-state index contributed by atoms with van der Waals surface area (Å²) in [4.78, 5) is 34.7. The number of ether oxygens (including phenoxy) is 2. The van der Waals surface area contributed by atoms with Crippen LogP contribution in [0.3, 0.4) is 0 Å². The third kappa shape index (κ3) is 3.36. The molecule has 2 aliphatic carbocycles. The monoisotopic (exact) mass is 482 g/mol. The molecule has 36 heavy (non-hydrogen) atoms. The zero-order valence-electron chi connectivity index (χ0n) is 20.2. The Balaban J connectivity index is 1.45. The van der Waals surface area contributed by atoms with E-state index in [0.29, 0.717) is 11.4 Å². The topological polar surface area (TPSA) is 88.2 Å². The molecule has 2 aromatic carbocycles. The van der Waals surface area contributed by atoms with E-state index < -0.39 is 24.1 Å². The van der Waals surface area contributed by atoms with E-state index in [9.17, 15) is 9.59 Å². The first-order valence-corrected chi connectivity index (χ1v) is 11.9. The molecule has 2 heterocycles. The number of aromatic nitrogens is 4. The molecule has 8 heteroatoms. The van der Waals surface area contributed by atoms with Gasteiger partial charge >= 0.3 is 11.9 Å². The lowest BCUT2D eigenvalue weighted by Gasteiger charge is -2.38. The van der Waals surface area contributed by atoms with Gasteiger partial charge in [0.2, 0.25) is 0 Å². The normalized spacial score (nSPS) is 23.9. The van der Waals surface area contributed by atoms with Crippen molar-refractivity contribution < 1.29 is 19.1 Å². The Labute approximate surface area is 208 Å². The van der Waals surface area contributed by atoms with Gasteiger partial charge < -0.3 is 18.6 Å². The fraction of sp³-hybridized carbons (Fsp3) is 0.286. The van der Waals surface area contributed by atoms with E-state index in [2.05, 4.69) is 41.2 Å². The van der Waals surface area contributed by atoms with E-state index >= 15 is 0 Å². The predicted molar refractivity (Wildman–Crippen MR) is 131 cm³/mol. The van der Waals surface area contributed by atoms with Crippen molar-refractivity contribution in [2.45, 2.75) is 36.9 Å². The second kappa shape index (κ2) is 8.48. The molecular weight excluding hydrogens is 456 g/mol. The highest BCUT2D eigenvalue weighted by Crippen LogP contribution is 2.64. The molecule has 5 unspecified atom stereocenters. The third-order valence-corrected chi connectivity index (χ3v) is 7.61. The van der Waals surface area contributed by atoms with Gasteiger partial charge in [-0.3, -0.25) is 0 Å². The van der Waals surface area contributed by atoms with Crippen molar-refractivity contribution in [1.29, 1.82) is 0 Å². The summed E-state index contributed by atoms with van der Waals surface area (Å²) >= 11 is 0. The molecule has 182 valence electrons. The highest BCUT2D eigenvalue weighted by Gasteiger charge is 2.61. The Kier molecular flexibility index (Phi) is 5.25. The molecule has 2 aliphatic rings. The Morgan fingerprint density at radius 2 is 1.14 bits per heavy atom. The first-order chi connectivity index (χ1) is 17.5. The van der Waals surface area contributed by atoms with Crippen LogP contribution in [0.1, 0.15) is 61.0 Å². The van der Waals surface area contributed by atoms with Crippen molar-refractivity contribution in [3.05, 3.63) is 107 Å². The second-order valence-corrected chi connectivity index (χ2v) is 9.58. The van der Waals surface area contributed by atoms with E-state index in [1.54, 1.807) is 35.9 Å². The quantitative estimate of drug-likeness (QED) is 0.401. The fourth-order valence-electron chi connectivity index (χ4n) is 5.91. The first kappa shape index (κ1) is 22.3. The summed E-state index contributed by atoms with van der Waals surface area (Å²) in [7, 11) is 3.49. The van der Waals surface area contributed by atoms with Crippen molar-refractivity contribution in [2.24, 2.45) is 14.1 Å². The zero-order valence-corrected chi connectivity index (χ0v) is 20.2. The van der Waals surface area contributed by atoms with E-state index in [1.165, 1.54) is 18.0 Å². The Morgan fingerprint density at radius 3 is 1.61 bits per heavy atom. The van der Waals surface area contributed by atoms with Crippen LogP contribution >= 0.6 is 0 Å². The maximum Gasteiger partial charge on any atom is 0.357 e. The summed E-state index contributed by atoms with van der Waals surface area (Å²) in [6, 6.07) is 16.3. The summed E-state index contributed by atoms with van der Waals surface area (Å²) in [5.41, 5.74) is 5.20. The maximum atomic E-state index is 13.3. The van der Waals surface area contributed by atoms with Crippen molar-refractivity contribution >= 4 is 11.9 Å². The van der Waals surface area contributed by atoms with Gasteiger partial charge in [-0.25, -0.2) is 19.6 Å². The minimum atomic E-state index is -0.687. The summed E-state index contributed by atoms with van der Waals surface area (Å²) in [5, 5.41) is 0. The minimum absolute atomic E-state index is 0.0518. The second-order valence-electron chi connectivity index (χ2n) is 9.58. The van der Waals surface area contributed by atoms with Gasteiger partial charge in [0.05, 0.1) is 25.0 Å². The van der Waals surface area contributed by atoms with Crippen molar-refractivity contribution in [3.8, 4) is 0 Å². The molecule has 0 radical (unpaired) electrons. The molecule has 0 N–H and O–H groups in total. The van der Waals surface area contributed by atoms with Crippen LogP contribution in [0.5, 0.6) is 0 Å². The number of rotatable bonds is 5. The molecule has 0 aliphatic heterocycles. The maximum absolute atomic E-state index is 13.3. The van der Waals surface area contributed by atoms with E-state index in [-0.39, 0.29) is 17.8 Å². The average molecular weight is 483 g/mol. The average Bonchev–Trinajstić information content (AvgIpc) is 3.55. The number of hydrogen-bond acceptors (Lipinski definition) is 6. The van der Waals surface area contributed by atoms with E-state index in [4.69, 9.17) is 9.47 Å². The van der Waals surface area contributed by atoms with Crippen LogP contribution in [0, 0.1) is 6.92 Å². The van der Waals surface area contributed by atoms with E-state index in [0.717, 1.165) is 16.7 Å². The number of fused-ring (bicyclic) bond motifs is 4. The standard InChI is InChI=1S/C28H26N4O4/c1-16-8-4-5-9-17(16)23-22-18-10-6-7-11-19(18)24(22)26(36-28(34)21-13-30-15-32(21)3)25(23)35-27(33)20-12-29-14-31(20)2/h4-15,22-26H,1-3H3. The van der Waals surface area contributed by atoms with Crippen LogP contribution in [-0.4, -0.2) is 43.2 Å². The summed E-state index contributed by atoms with van der Waals surface area (Å²) in [6.07, 6.45) is 4.74. The summed E-state index contributed by atoms with van der Waals surface area (Å²) in [5.74, 6) is -1.20. The number of benzene rings is 2. The van der Waals surface area contributed by atoms with Crippen molar-refractivity contribution in [1.82, 2.24) is 19.1 Å². The van der Waals surface area contributed by atoms with Crippen LogP contribution in [0.4, 0.5) is 0 Å². The van der Waals surface area contributed by atoms with Gasteiger partial charge in [0.15, 0.2) is 0 Å². The van der Waals surface area contributed by atoms with E-state index in [1.807, 2.05) is 24.3 Å². The highest BCUT2D eigenvalue weighted by atomic mass is 16.6. The van der Waals surface area contributed by atoms with Gasteiger partial charge in [0.1, 0.15) is 23.6 Å². The molecule has 5 atom stereocenters. The fourth-order valence-corrected chi connectivity index (χ4v) is 5.91. The molecule has 0 bridgehead atoms. The van der Waals surface area contributed by atoms with Crippen LogP contribution in [0.2, 0.25) is 0 Å². The molecule has 0 spiro atoms.